The minimum Gasteiger partial charge on any atom is -0.342 e. The van der Waals surface area contributed by atoms with Crippen LogP contribution in [0.15, 0.2) is 22.9 Å². The average molecular weight is 396 g/mol. The number of thiophene rings is 1. The highest BCUT2D eigenvalue weighted by atomic mass is 32.2. The second kappa shape index (κ2) is 8.82. The standard InChI is InChI=1S/C17H21N3O2S3/c1-12-4-2-6-20(8-12)16(22)11-23-10-15(21)19-17-18-13(9-25-17)14-5-3-7-24-14/h3,5,7,9,12H,2,4,6,8,10-11H2,1H3,(H,18,19,21)/t12-/m1/s1. The Hall–Kier alpha value is -1.38. The van der Waals surface area contributed by atoms with Gasteiger partial charge in [-0.05, 0) is 30.2 Å². The lowest BCUT2D eigenvalue weighted by atomic mass is 10.0. The lowest BCUT2D eigenvalue weighted by Crippen LogP contribution is -2.40. The fourth-order valence-corrected chi connectivity index (χ4v) is 4.97. The van der Waals surface area contributed by atoms with E-state index < -0.39 is 0 Å². The normalized spacial score (nSPS) is 17.5. The van der Waals surface area contributed by atoms with Gasteiger partial charge in [0.05, 0.1) is 22.1 Å². The first-order chi connectivity index (χ1) is 12.1. The molecule has 0 aliphatic carbocycles. The largest absolute Gasteiger partial charge is 0.342 e. The summed E-state index contributed by atoms with van der Waals surface area (Å²) in [6.07, 6.45) is 2.27. The Bertz CT molecular complexity index is 715. The number of hydrogen-bond acceptors (Lipinski definition) is 6. The van der Waals surface area contributed by atoms with Crippen molar-refractivity contribution in [3.05, 3.63) is 22.9 Å². The van der Waals surface area contributed by atoms with Crippen molar-refractivity contribution in [2.45, 2.75) is 19.8 Å². The number of carbonyl (C=O) groups excluding carboxylic acids is 2. The number of aromatic nitrogens is 1. The van der Waals surface area contributed by atoms with Crippen LogP contribution in [-0.4, -0.2) is 46.3 Å². The summed E-state index contributed by atoms with van der Waals surface area (Å²) in [6.45, 7) is 3.87. The van der Waals surface area contributed by atoms with Gasteiger partial charge in [0.1, 0.15) is 0 Å². The molecule has 1 aliphatic rings. The van der Waals surface area contributed by atoms with Crippen molar-refractivity contribution in [1.29, 1.82) is 0 Å². The predicted molar refractivity (Wildman–Crippen MR) is 106 cm³/mol. The Morgan fingerprint density at radius 2 is 2.28 bits per heavy atom. The summed E-state index contributed by atoms with van der Waals surface area (Å²) < 4.78 is 0. The van der Waals surface area contributed by atoms with Gasteiger partial charge in [0, 0.05) is 18.5 Å². The van der Waals surface area contributed by atoms with E-state index in [9.17, 15) is 9.59 Å². The van der Waals surface area contributed by atoms with E-state index in [1.54, 1.807) is 11.3 Å². The van der Waals surface area contributed by atoms with E-state index in [-0.39, 0.29) is 17.6 Å². The number of rotatable bonds is 6. The van der Waals surface area contributed by atoms with Crippen molar-refractivity contribution in [3.63, 3.8) is 0 Å². The maximum Gasteiger partial charge on any atom is 0.236 e. The molecule has 8 heteroatoms. The van der Waals surface area contributed by atoms with Gasteiger partial charge in [0.25, 0.3) is 0 Å². The Kier molecular flexibility index (Phi) is 6.50. The zero-order chi connectivity index (χ0) is 17.6. The summed E-state index contributed by atoms with van der Waals surface area (Å²) in [7, 11) is 0. The SMILES string of the molecule is C[C@@H]1CCCN(C(=O)CSCC(=O)Nc2nc(-c3cccs3)cs2)C1. The van der Waals surface area contributed by atoms with Crippen molar-refractivity contribution >= 4 is 51.4 Å². The van der Waals surface area contributed by atoms with Gasteiger partial charge in [0.2, 0.25) is 11.8 Å². The second-order valence-corrected chi connectivity index (χ2v) is 8.93. The van der Waals surface area contributed by atoms with Crippen LogP contribution in [0.1, 0.15) is 19.8 Å². The van der Waals surface area contributed by atoms with Crippen LogP contribution < -0.4 is 5.32 Å². The monoisotopic (exact) mass is 395 g/mol. The number of amides is 2. The summed E-state index contributed by atoms with van der Waals surface area (Å²) in [5.74, 6) is 1.23. The molecular weight excluding hydrogens is 374 g/mol. The molecule has 0 aromatic carbocycles. The summed E-state index contributed by atoms with van der Waals surface area (Å²) in [4.78, 5) is 31.7. The Balaban J connectivity index is 1.40. The highest BCUT2D eigenvalue weighted by Crippen LogP contribution is 2.28. The molecule has 5 nitrogen and oxygen atoms in total. The van der Waals surface area contributed by atoms with Crippen LogP contribution in [0.2, 0.25) is 0 Å². The van der Waals surface area contributed by atoms with Crippen molar-refractivity contribution in [3.8, 4) is 10.6 Å². The van der Waals surface area contributed by atoms with Crippen LogP contribution in [0.5, 0.6) is 0 Å². The van der Waals surface area contributed by atoms with E-state index in [0.717, 1.165) is 30.1 Å². The molecule has 1 fully saturated rings. The number of hydrogen-bond donors (Lipinski definition) is 1. The van der Waals surface area contributed by atoms with Crippen LogP contribution in [0.3, 0.4) is 0 Å². The third kappa shape index (κ3) is 5.29. The van der Waals surface area contributed by atoms with E-state index in [2.05, 4.69) is 17.2 Å². The smallest absolute Gasteiger partial charge is 0.236 e. The average Bonchev–Trinajstić information content (AvgIpc) is 3.26. The topological polar surface area (TPSA) is 62.3 Å². The molecule has 0 unspecified atom stereocenters. The molecule has 0 radical (unpaired) electrons. The number of nitrogens with one attached hydrogen (secondary N) is 1. The van der Waals surface area contributed by atoms with Gasteiger partial charge in [-0.2, -0.15) is 0 Å². The Morgan fingerprint density at radius 1 is 1.40 bits per heavy atom. The lowest BCUT2D eigenvalue weighted by molar-refractivity contribution is -0.130. The minimum atomic E-state index is -0.114. The van der Waals surface area contributed by atoms with Gasteiger partial charge in [0.15, 0.2) is 5.13 Å². The van der Waals surface area contributed by atoms with Crippen molar-refractivity contribution in [1.82, 2.24) is 9.88 Å². The van der Waals surface area contributed by atoms with Crippen LogP contribution in [-0.2, 0) is 9.59 Å². The van der Waals surface area contributed by atoms with E-state index in [0.29, 0.717) is 16.8 Å². The number of piperidine rings is 1. The molecule has 3 heterocycles. The van der Waals surface area contributed by atoms with E-state index >= 15 is 0 Å². The van der Waals surface area contributed by atoms with Crippen LogP contribution in [0.25, 0.3) is 10.6 Å². The zero-order valence-electron chi connectivity index (χ0n) is 14.1. The number of likely N-dealkylation sites (tertiary alicyclic amines) is 1. The van der Waals surface area contributed by atoms with Gasteiger partial charge >= 0.3 is 0 Å². The van der Waals surface area contributed by atoms with Crippen molar-refractivity contribution in [2.75, 3.05) is 29.9 Å². The van der Waals surface area contributed by atoms with Gasteiger partial charge in [-0.25, -0.2) is 4.98 Å². The second-order valence-electron chi connectivity index (χ2n) is 6.14. The van der Waals surface area contributed by atoms with Crippen molar-refractivity contribution in [2.24, 2.45) is 5.92 Å². The molecule has 0 saturated carbocycles. The number of thiazole rings is 1. The maximum absolute atomic E-state index is 12.2. The molecule has 0 spiro atoms. The first-order valence-electron chi connectivity index (χ1n) is 8.26. The van der Waals surface area contributed by atoms with E-state index in [1.807, 2.05) is 27.8 Å². The number of anilines is 1. The molecule has 2 amide bonds. The van der Waals surface area contributed by atoms with Crippen LogP contribution in [0.4, 0.5) is 5.13 Å². The molecule has 1 saturated heterocycles. The first-order valence-corrected chi connectivity index (χ1v) is 11.2. The number of thioether (sulfide) groups is 1. The molecule has 25 heavy (non-hydrogen) atoms. The maximum atomic E-state index is 12.2. The minimum absolute atomic E-state index is 0.114. The Morgan fingerprint density at radius 3 is 3.04 bits per heavy atom. The molecule has 1 atom stereocenters. The molecule has 2 aromatic heterocycles. The summed E-state index contributed by atoms with van der Waals surface area (Å²) in [5, 5.41) is 7.36. The van der Waals surface area contributed by atoms with E-state index in [1.165, 1.54) is 29.5 Å². The predicted octanol–water partition coefficient (Wildman–Crippen LogP) is 3.80. The fraction of sp³-hybridized carbons (Fsp3) is 0.471. The fourth-order valence-electron chi connectivity index (χ4n) is 2.76. The first kappa shape index (κ1) is 18.4. The van der Waals surface area contributed by atoms with Gasteiger partial charge in [-0.1, -0.05) is 13.0 Å². The summed E-state index contributed by atoms with van der Waals surface area (Å²) in [6, 6.07) is 3.99. The third-order valence-corrected chi connectivity index (χ3v) is 6.56. The Labute approximate surface area is 159 Å². The third-order valence-electron chi connectivity index (χ3n) is 3.99. The molecule has 2 aromatic rings. The van der Waals surface area contributed by atoms with Gasteiger partial charge < -0.3 is 10.2 Å². The van der Waals surface area contributed by atoms with Gasteiger partial charge in [-0.15, -0.1) is 34.4 Å². The zero-order valence-corrected chi connectivity index (χ0v) is 16.5. The molecule has 0 bridgehead atoms. The van der Waals surface area contributed by atoms with Crippen LogP contribution >= 0.6 is 34.4 Å². The summed E-state index contributed by atoms with van der Waals surface area (Å²) in [5.41, 5.74) is 0.886. The highest BCUT2D eigenvalue weighted by Gasteiger charge is 2.20. The quantitative estimate of drug-likeness (QED) is 0.808. The van der Waals surface area contributed by atoms with Crippen LogP contribution in [0, 0.1) is 5.92 Å². The molecule has 3 rings (SSSR count). The highest BCUT2D eigenvalue weighted by molar-refractivity contribution is 8.00. The number of nitrogens with zero attached hydrogens (tertiary/aromatic N) is 2. The van der Waals surface area contributed by atoms with Crippen molar-refractivity contribution < 1.29 is 9.59 Å². The van der Waals surface area contributed by atoms with E-state index in [4.69, 9.17) is 0 Å². The number of carbonyl (C=O) groups is 2. The molecule has 1 aliphatic heterocycles. The molecule has 1 N–H and O–H groups in total. The molecule has 134 valence electrons. The lowest BCUT2D eigenvalue weighted by Gasteiger charge is -2.30. The molecular formula is C17H21N3O2S3. The van der Waals surface area contributed by atoms with Gasteiger partial charge in [-0.3, -0.25) is 9.59 Å². The summed E-state index contributed by atoms with van der Waals surface area (Å²) >= 11 is 4.41.